The molecule has 0 atom stereocenters. The molecular weight excluding hydrogens is 186 g/mol. The van der Waals surface area contributed by atoms with Gasteiger partial charge in [-0.05, 0) is 24.1 Å². The van der Waals surface area contributed by atoms with Crippen LogP contribution in [0.15, 0.2) is 0 Å². The Morgan fingerprint density at radius 2 is 2.15 bits per heavy atom. The van der Waals surface area contributed by atoms with Crippen LogP contribution in [0.25, 0.3) is 0 Å². The lowest BCUT2D eigenvalue weighted by molar-refractivity contribution is 0.153. The Hall–Kier alpha value is -0.390. The quantitative estimate of drug-likeness (QED) is 0.344. The van der Waals surface area contributed by atoms with E-state index in [-0.39, 0.29) is 5.41 Å². The third-order valence-corrected chi connectivity index (χ3v) is 2.10. The van der Waals surface area contributed by atoms with Crippen molar-refractivity contribution in [3.05, 3.63) is 0 Å². The van der Waals surface area contributed by atoms with Crippen molar-refractivity contribution in [3.63, 3.8) is 0 Å². The summed E-state index contributed by atoms with van der Waals surface area (Å²) in [5.74, 6) is 5.12. The normalized spacial score (nSPS) is 11.1. The molecule has 0 aliphatic rings. The van der Waals surface area contributed by atoms with Gasteiger partial charge >= 0.3 is 0 Å². The average Bonchev–Trinajstić information content (AvgIpc) is 2.11. The molecule has 5 heteroatoms. The largest absolute Gasteiger partial charge is 0.385 e. The van der Waals surface area contributed by atoms with E-state index < -0.39 is 0 Å². The zero-order valence-electron chi connectivity index (χ0n) is 8.52. The van der Waals surface area contributed by atoms with Gasteiger partial charge in [-0.2, -0.15) is 0 Å². The molecule has 0 heterocycles. The molecule has 0 rings (SSSR count). The minimum Gasteiger partial charge on any atom is -0.385 e. The maximum absolute atomic E-state index is 5.12. The number of nitrogens with two attached hydrogens (primary N) is 1. The second kappa shape index (κ2) is 6.12. The number of rotatable bonds is 5. The second-order valence-corrected chi connectivity index (χ2v) is 4.14. The SMILES string of the molecule is COCCC(C)(C)CNC(=S)NN. The molecule has 0 radical (unpaired) electrons. The Balaban J connectivity index is 3.67. The van der Waals surface area contributed by atoms with Crippen LogP contribution in [0.5, 0.6) is 0 Å². The van der Waals surface area contributed by atoms with Gasteiger partial charge in [0.2, 0.25) is 0 Å². The van der Waals surface area contributed by atoms with Crippen LogP contribution >= 0.6 is 12.2 Å². The monoisotopic (exact) mass is 205 g/mol. The highest BCUT2D eigenvalue weighted by atomic mass is 32.1. The number of ether oxygens (including phenoxy) is 1. The van der Waals surface area contributed by atoms with Crippen molar-refractivity contribution in [2.45, 2.75) is 20.3 Å². The van der Waals surface area contributed by atoms with Crippen LogP contribution in [0.3, 0.4) is 0 Å². The van der Waals surface area contributed by atoms with E-state index in [4.69, 9.17) is 22.8 Å². The average molecular weight is 205 g/mol. The molecule has 0 fully saturated rings. The van der Waals surface area contributed by atoms with Crippen molar-refractivity contribution in [1.82, 2.24) is 10.7 Å². The van der Waals surface area contributed by atoms with E-state index in [1.807, 2.05) is 0 Å². The Kier molecular flexibility index (Phi) is 5.94. The summed E-state index contributed by atoms with van der Waals surface area (Å²) in [5.41, 5.74) is 2.55. The standard InChI is InChI=1S/C8H19N3OS/c1-8(2,4-5-12-3)6-10-7(13)11-9/h4-6,9H2,1-3H3,(H2,10,11,13). The summed E-state index contributed by atoms with van der Waals surface area (Å²) in [6.45, 7) is 5.85. The van der Waals surface area contributed by atoms with Gasteiger partial charge < -0.3 is 15.5 Å². The Labute approximate surface area is 85.2 Å². The second-order valence-electron chi connectivity index (χ2n) is 3.73. The lowest BCUT2D eigenvalue weighted by Crippen LogP contribution is -2.43. The fourth-order valence-electron chi connectivity index (χ4n) is 0.837. The number of methoxy groups -OCH3 is 1. The van der Waals surface area contributed by atoms with E-state index in [9.17, 15) is 0 Å². The molecule has 13 heavy (non-hydrogen) atoms. The highest BCUT2D eigenvalue weighted by Gasteiger charge is 2.17. The predicted octanol–water partition coefficient (Wildman–Crippen LogP) is 0.387. The van der Waals surface area contributed by atoms with Gasteiger partial charge in [-0.1, -0.05) is 13.8 Å². The van der Waals surface area contributed by atoms with Crippen molar-refractivity contribution < 1.29 is 4.74 Å². The van der Waals surface area contributed by atoms with E-state index in [1.165, 1.54) is 0 Å². The van der Waals surface area contributed by atoms with E-state index in [1.54, 1.807) is 7.11 Å². The van der Waals surface area contributed by atoms with E-state index in [2.05, 4.69) is 24.6 Å². The number of nitrogens with one attached hydrogen (secondary N) is 2. The molecule has 0 aliphatic heterocycles. The Bertz CT molecular complexity index is 161. The fourth-order valence-corrected chi connectivity index (χ4v) is 0.909. The summed E-state index contributed by atoms with van der Waals surface area (Å²) in [6, 6.07) is 0. The molecule has 0 aromatic rings. The van der Waals surface area contributed by atoms with Crippen LogP contribution in [0, 0.1) is 5.41 Å². The third kappa shape index (κ3) is 6.74. The molecule has 0 saturated heterocycles. The molecule has 0 aliphatic carbocycles. The van der Waals surface area contributed by atoms with Crippen LogP contribution in [-0.4, -0.2) is 25.4 Å². The lowest BCUT2D eigenvalue weighted by atomic mass is 9.90. The summed E-state index contributed by atoms with van der Waals surface area (Å²) in [6.07, 6.45) is 0.990. The molecule has 0 saturated carbocycles. The highest BCUT2D eigenvalue weighted by molar-refractivity contribution is 7.80. The fraction of sp³-hybridized carbons (Fsp3) is 0.875. The van der Waals surface area contributed by atoms with Crippen LogP contribution in [0.1, 0.15) is 20.3 Å². The Morgan fingerprint density at radius 3 is 2.62 bits per heavy atom. The van der Waals surface area contributed by atoms with Gasteiger partial charge in [0.25, 0.3) is 0 Å². The molecule has 0 amide bonds. The van der Waals surface area contributed by atoms with Gasteiger partial charge in [-0.15, -0.1) is 0 Å². The summed E-state index contributed by atoms with van der Waals surface area (Å²) in [4.78, 5) is 0. The molecule has 0 aromatic carbocycles. The number of hydrogen-bond donors (Lipinski definition) is 3. The first kappa shape index (κ1) is 12.6. The third-order valence-electron chi connectivity index (χ3n) is 1.84. The smallest absolute Gasteiger partial charge is 0.180 e. The maximum Gasteiger partial charge on any atom is 0.180 e. The molecular formula is C8H19N3OS. The number of hydrogen-bond acceptors (Lipinski definition) is 3. The molecule has 78 valence electrons. The van der Waals surface area contributed by atoms with E-state index in [0.717, 1.165) is 19.6 Å². The van der Waals surface area contributed by atoms with Crippen molar-refractivity contribution in [2.75, 3.05) is 20.3 Å². The lowest BCUT2D eigenvalue weighted by Gasteiger charge is -2.25. The molecule has 0 unspecified atom stereocenters. The van der Waals surface area contributed by atoms with Crippen LogP contribution in [0.2, 0.25) is 0 Å². The topological polar surface area (TPSA) is 59.3 Å². The first-order valence-electron chi connectivity index (χ1n) is 4.25. The number of hydrazine groups is 1. The first-order valence-corrected chi connectivity index (χ1v) is 4.66. The molecule has 0 spiro atoms. The van der Waals surface area contributed by atoms with Crippen molar-refractivity contribution in [2.24, 2.45) is 11.3 Å². The van der Waals surface area contributed by atoms with E-state index in [0.29, 0.717) is 5.11 Å². The summed E-state index contributed by atoms with van der Waals surface area (Å²) >= 11 is 4.86. The predicted molar refractivity (Wildman–Crippen MR) is 58.2 cm³/mol. The maximum atomic E-state index is 5.12. The van der Waals surface area contributed by atoms with Crippen molar-refractivity contribution in [3.8, 4) is 0 Å². The van der Waals surface area contributed by atoms with Gasteiger partial charge in [-0.25, -0.2) is 5.84 Å². The zero-order valence-corrected chi connectivity index (χ0v) is 9.33. The summed E-state index contributed by atoms with van der Waals surface area (Å²) in [5, 5.41) is 3.50. The van der Waals surface area contributed by atoms with Crippen LogP contribution in [0.4, 0.5) is 0 Å². The van der Waals surface area contributed by atoms with Gasteiger partial charge in [0, 0.05) is 20.3 Å². The molecule has 0 aromatic heterocycles. The minimum atomic E-state index is 0.164. The molecule has 4 nitrogen and oxygen atoms in total. The highest BCUT2D eigenvalue weighted by Crippen LogP contribution is 2.18. The minimum absolute atomic E-state index is 0.164. The van der Waals surface area contributed by atoms with Crippen LogP contribution in [-0.2, 0) is 4.74 Å². The van der Waals surface area contributed by atoms with Gasteiger partial charge in [0.05, 0.1) is 0 Å². The molecule has 0 bridgehead atoms. The van der Waals surface area contributed by atoms with Gasteiger partial charge in [0.15, 0.2) is 5.11 Å². The van der Waals surface area contributed by atoms with Gasteiger partial charge in [0.1, 0.15) is 0 Å². The Morgan fingerprint density at radius 1 is 1.54 bits per heavy atom. The van der Waals surface area contributed by atoms with Crippen molar-refractivity contribution in [1.29, 1.82) is 0 Å². The number of thiocarbonyl (C=S) groups is 1. The van der Waals surface area contributed by atoms with Crippen LogP contribution < -0.4 is 16.6 Å². The first-order chi connectivity index (χ1) is 6.02. The zero-order chi connectivity index (χ0) is 10.3. The van der Waals surface area contributed by atoms with Crippen molar-refractivity contribution >= 4 is 17.3 Å². The van der Waals surface area contributed by atoms with Gasteiger partial charge in [-0.3, -0.25) is 0 Å². The summed E-state index contributed by atoms with van der Waals surface area (Å²) < 4.78 is 5.01. The van der Waals surface area contributed by atoms with E-state index >= 15 is 0 Å². The molecule has 4 N–H and O–H groups in total. The summed E-state index contributed by atoms with van der Waals surface area (Å²) in [7, 11) is 1.70.